The molecule has 4 heteroatoms. The van der Waals surface area contributed by atoms with Crippen molar-refractivity contribution in [1.82, 2.24) is 0 Å². The lowest BCUT2D eigenvalue weighted by Gasteiger charge is -2.42. The van der Waals surface area contributed by atoms with Gasteiger partial charge in [0.15, 0.2) is 6.04 Å². The molecular formula is C31H58NO3+. The van der Waals surface area contributed by atoms with E-state index in [9.17, 15) is 4.79 Å². The van der Waals surface area contributed by atoms with Crippen molar-refractivity contribution in [2.45, 2.75) is 165 Å². The van der Waals surface area contributed by atoms with Crippen molar-refractivity contribution in [2.75, 3.05) is 6.54 Å². The average Bonchev–Trinajstić information content (AvgIpc) is 3.44. The van der Waals surface area contributed by atoms with E-state index in [4.69, 9.17) is 9.47 Å². The van der Waals surface area contributed by atoms with E-state index < -0.39 is 5.72 Å². The molecule has 3 aliphatic rings. The maximum atomic E-state index is 13.3. The third kappa shape index (κ3) is 5.02. The summed E-state index contributed by atoms with van der Waals surface area (Å²) in [7, 11) is 0. The molecule has 1 spiro atoms. The molecule has 3 rings (SSSR count). The molecule has 204 valence electrons. The first-order valence-electron chi connectivity index (χ1n) is 14.5. The zero-order valence-corrected chi connectivity index (χ0v) is 25.6. The first-order chi connectivity index (χ1) is 15.7. The van der Waals surface area contributed by atoms with Crippen molar-refractivity contribution in [1.29, 1.82) is 0 Å². The molecule has 6 atom stereocenters. The van der Waals surface area contributed by atoms with E-state index in [-0.39, 0.29) is 39.4 Å². The third-order valence-corrected chi connectivity index (χ3v) is 10.2. The van der Waals surface area contributed by atoms with Crippen molar-refractivity contribution < 1.29 is 18.8 Å². The van der Waals surface area contributed by atoms with E-state index >= 15 is 0 Å². The van der Waals surface area contributed by atoms with Crippen molar-refractivity contribution in [3.63, 3.8) is 0 Å². The van der Waals surface area contributed by atoms with Gasteiger partial charge in [0, 0.05) is 19.8 Å². The molecule has 0 radical (unpaired) electrons. The van der Waals surface area contributed by atoms with Crippen LogP contribution in [0.3, 0.4) is 0 Å². The second kappa shape index (κ2) is 8.80. The van der Waals surface area contributed by atoms with Gasteiger partial charge in [0.05, 0.1) is 30.8 Å². The van der Waals surface area contributed by atoms with E-state index in [0.717, 1.165) is 45.1 Å². The molecule has 3 fully saturated rings. The number of rotatable bonds is 10. The number of carbonyl (C=O) groups excluding carboxylic acids is 1. The van der Waals surface area contributed by atoms with Crippen molar-refractivity contribution >= 4 is 5.91 Å². The van der Waals surface area contributed by atoms with Crippen LogP contribution in [0.15, 0.2) is 0 Å². The van der Waals surface area contributed by atoms with Crippen molar-refractivity contribution in [3.8, 4) is 0 Å². The van der Waals surface area contributed by atoms with E-state index in [1.54, 1.807) is 0 Å². The van der Waals surface area contributed by atoms with Gasteiger partial charge in [-0.15, -0.1) is 0 Å². The minimum Gasteiger partial charge on any atom is -0.365 e. The number of epoxide rings is 1. The van der Waals surface area contributed by atoms with Gasteiger partial charge in [0.1, 0.15) is 0 Å². The maximum Gasteiger partial charge on any atom is 0.316 e. The highest BCUT2D eigenvalue weighted by molar-refractivity contribution is 5.73. The van der Waals surface area contributed by atoms with Gasteiger partial charge in [0.25, 0.3) is 5.72 Å². The maximum absolute atomic E-state index is 13.3. The Bertz CT molecular complexity index is 803. The smallest absolute Gasteiger partial charge is 0.316 e. The minimum atomic E-state index is -0.414. The van der Waals surface area contributed by atoms with Gasteiger partial charge in [-0.3, -0.25) is 0 Å². The van der Waals surface area contributed by atoms with E-state index in [0.29, 0.717) is 22.9 Å². The van der Waals surface area contributed by atoms with Gasteiger partial charge in [0.2, 0.25) is 0 Å². The van der Waals surface area contributed by atoms with Crippen LogP contribution in [-0.2, 0) is 14.3 Å². The van der Waals surface area contributed by atoms with Crippen LogP contribution < -0.4 is 0 Å². The van der Waals surface area contributed by atoms with Crippen LogP contribution in [0, 0.1) is 21.7 Å². The molecule has 1 amide bonds. The van der Waals surface area contributed by atoms with Crippen LogP contribution in [0.5, 0.6) is 0 Å². The molecule has 3 aliphatic heterocycles. The van der Waals surface area contributed by atoms with Crippen LogP contribution in [-0.4, -0.2) is 46.5 Å². The average molecular weight is 493 g/mol. The third-order valence-electron chi connectivity index (χ3n) is 10.2. The fourth-order valence-electron chi connectivity index (χ4n) is 7.37. The number of nitrogens with zero attached hydrogens (tertiary/aromatic N) is 1. The van der Waals surface area contributed by atoms with Crippen molar-refractivity contribution in [2.24, 2.45) is 21.7 Å². The van der Waals surface area contributed by atoms with Gasteiger partial charge in [-0.1, -0.05) is 83.1 Å². The highest BCUT2D eigenvalue weighted by atomic mass is 16.6. The van der Waals surface area contributed by atoms with Crippen LogP contribution in [0.25, 0.3) is 0 Å². The van der Waals surface area contributed by atoms with Crippen LogP contribution in [0.2, 0.25) is 0 Å². The van der Waals surface area contributed by atoms with Crippen LogP contribution >= 0.6 is 0 Å². The zero-order valence-electron chi connectivity index (χ0n) is 25.6. The van der Waals surface area contributed by atoms with Crippen LogP contribution in [0.4, 0.5) is 0 Å². The predicted molar refractivity (Wildman–Crippen MR) is 145 cm³/mol. The summed E-state index contributed by atoms with van der Waals surface area (Å²) in [5.41, 5.74) is -0.0716. The van der Waals surface area contributed by atoms with Gasteiger partial charge in [-0.05, 0) is 47.3 Å². The molecule has 35 heavy (non-hydrogen) atoms. The van der Waals surface area contributed by atoms with E-state index in [2.05, 4.69) is 90.0 Å². The number of quaternary nitrogens is 1. The lowest BCUT2D eigenvalue weighted by molar-refractivity contribution is -0.775. The van der Waals surface area contributed by atoms with Crippen LogP contribution in [0.1, 0.15) is 135 Å². The normalized spacial score (nSPS) is 36.7. The summed E-state index contributed by atoms with van der Waals surface area (Å²) in [5.74, 6) is 0.398. The molecule has 0 N–H and O–H groups in total. The topological polar surface area (TPSA) is 38.8 Å². The number of amides is 1. The summed E-state index contributed by atoms with van der Waals surface area (Å²) < 4.78 is 14.4. The summed E-state index contributed by atoms with van der Waals surface area (Å²) in [6.45, 7) is 31.1. The first kappa shape index (κ1) is 29.1. The van der Waals surface area contributed by atoms with Gasteiger partial charge < -0.3 is 9.47 Å². The van der Waals surface area contributed by atoms with Gasteiger partial charge in [-0.25, -0.2) is 9.28 Å². The SMILES string of the molecule is CCC(C)(C)C(CC(C)(C)C1(CC)OC1CC(C)(C)C)OC1(C)C(CC(C)(C)C)[N+]12CCCC2=O. The Balaban J connectivity index is 1.90. The molecule has 0 saturated carbocycles. The zero-order chi connectivity index (χ0) is 26.9. The number of hydrogen-bond donors (Lipinski definition) is 0. The standard InChI is InChI=1S/C31H58NO3/c1-14-28(9,10)23(21-29(11,12)31(15-2)24(35-31)20-27(6,7)8)34-30(13)22(19-26(3,4)5)32(30)18-16-17-25(32)33/h22-24H,14-21H2,1-13H3/q+1. The highest BCUT2D eigenvalue weighted by Crippen LogP contribution is 2.62. The van der Waals surface area contributed by atoms with Crippen molar-refractivity contribution in [3.05, 3.63) is 0 Å². The number of ether oxygens (including phenoxy) is 2. The summed E-state index contributed by atoms with van der Waals surface area (Å²) in [4.78, 5) is 13.3. The summed E-state index contributed by atoms with van der Waals surface area (Å²) in [6, 6.07) is 0.265. The molecule has 0 aromatic carbocycles. The van der Waals surface area contributed by atoms with E-state index in [1.165, 1.54) is 0 Å². The molecule has 0 aromatic heterocycles. The lowest BCUT2D eigenvalue weighted by atomic mass is 9.66. The molecule has 0 bridgehead atoms. The second-order valence-electron chi connectivity index (χ2n) is 16.1. The largest absolute Gasteiger partial charge is 0.365 e. The Labute approximate surface area is 217 Å². The van der Waals surface area contributed by atoms with Gasteiger partial charge in [-0.2, -0.15) is 0 Å². The number of hydrogen-bond acceptors (Lipinski definition) is 3. The molecule has 3 heterocycles. The fourth-order valence-corrected chi connectivity index (χ4v) is 7.37. The first-order valence-corrected chi connectivity index (χ1v) is 14.5. The lowest BCUT2D eigenvalue weighted by Crippen LogP contribution is -2.47. The summed E-state index contributed by atoms with van der Waals surface area (Å²) in [6.07, 6.45) is 7.23. The summed E-state index contributed by atoms with van der Waals surface area (Å²) in [5, 5.41) is 0. The molecule has 0 aromatic rings. The Morgan fingerprint density at radius 3 is 2.00 bits per heavy atom. The quantitative estimate of drug-likeness (QED) is 0.230. The Morgan fingerprint density at radius 2 is 1.57 bits per heavy atom. The highest BCUT2D eigenvalue weighted by Gasteiger charge is 2.83. The molecule has 0 aliphatic carbocycles. The summed E-state index contributed by atoms with van der Waals surface area (Å²) >= 11 is 0. The van der Waals surface area contributed by atoms with Gasteiger partial charge >= 0.3 is 5.91 Å². The Hall–Kier alpha value is -0.450. The predicted octanol–water partition coefficient (Wildman–Crippen LogP) is 7.88. The fraction of sp³-hybridized carbons (Fsp3) is 0.968. The number of carbonyl (C=O) groups is 1. The Kier molecular flexibility index (Phi) is 7.32. The monoisotopic (exact) mass is 492 g/mol. The molecule has 3 saturated heterocycles. The molecule has 4 nitrogen and oxygen atoms in total. The molecule has 6 unspecified atom stereocenters. The molecular weight excluding hydrogens is 434 g/mol. The van der Waals surface area contributed by atoms with E-state index in [1.807, 2.05) is 0 Å². The second-order valence-corrected chi connectivity index (χ2v) is 16.1. The minimum absolute atomic E-state index is 0.0145. The Morgan fingerprint density at radius 1 is 1.00 bits per heavy atom.